The molecule has 3 rings (SSSR count). The molecule has 1 aromatic carbocycles. The first-order chi connectivity index (χ1) is 10.4. The maximum absolute atomic E-state index is 5.96. The van der Waals surface area contributed by atoms with Crippen LogP contribution >= 0.6 is 0 Å². The van der Waals surface area contributed by atoms with Crippen LogP contribution in [0.15, 0.2) is 24.3 Å². The molecule has 3 atom stereocenters. The van der Waals surface area contributed by atoms with Crippen molar-refractivity contribution in [3.63, 3.8) is 0 Å². The van der Waals surface area contributed by atoms with Crippen molar-refractivity contribution >= 4 is 0 Å². The molecule has 1 aromatic rings. The van der Waals surface area contributed by atoms with Gasteiger partial charge in [-0.1, -0.05) is 25.1 Å². The van der Waals surface area contributed by atoms with Gasteiger partial charge in [-0.15, -0.1) is 0 Å². The van der Waals surface area contributed by atoms with Crippen molar-refractivity contribution in [2.45, 2.75) is 51.2 Å². The lowest BCUT2D eigenvalue weighted by atomic mass is 9.87. The molecule has 0 radical (unpaired) electrons. The van der Waals surface area contributed by atoms with Crippen molar-refractivity contribution in [1.29, 1.82) is 0 Å². The Balaban J connectivity index is 1.58. The third-order valence-corrected chi connectivity index (χ3v) is 4.77. The molecule has 116 valence electrons. The van der Waals surface area contributed by atoms with Crippen LogP contribution < -0.4 is 10.1 Å². The van der Waals surface area contributed by atoms with Crippen LogP contribution in [0.1, 0.15) is 38.2 Å². The van der Waals surface area contributed by atoms with Gasteiger partial charge < -0.3 is 14.8 Å². The van der Waals surface area contributed by atoms with E-state index in [4.69, 9.17) is 9.47 Å². The SMILES string of the molecule is CCNC(CCC1CCCO1)C1COc2ccccc2C1. The van der Waals surface area contributed by atoms with E-state index in [1.807, 2.05) is 0 Å². The van der Waals surface area contributed by atoms with E-state index < -0.39 is 0 Å². The zero-order valence-corrected chi connectivity index (χ0v) is 13.0. The predicted molar refractivity (Wildman–Crippen MR) is 84.8 cm³/mol. The highest BCUT2D eigenvalue weighted by atomic mass is 16.5. The lowest BCUT2D eigenvalue weighted by molar-refractivity contribution is 0.0933. The molecule has 0 amide bonds. The van der Waals surface area contributed by atoms with Crippen molar-refractivity contribution in [3.8, 4) is 5.75 Å². The molecular formula is C18H27NO2. The maximum atomic E-state index is 5.96. The molecule has 0 saturated carbocycles. The number of benzene rings is 1. The lowest BCUT2D eigenvalue weighted by Crippen LogP contribution is -2.42. The van der Waals surface area contributed by atoms with E-state index in [1.165, 1.54) is 31.2 Å². The van der Waals surface area contributed by atoms with Crippen molar-refractivity contribution in [2.24, 2.45) is 5.92 Å². The quantitative estimate of drug-likeness (QED) is 0.872. The topological polar surface area (TPSA) is 30.5 Å². The number of rotatable bonds is 6. The van der Waals surface area contributed by atoms with Crippen LogP contribution in [0.2, 0.25) is 0 Å². The van der Waals surface area contributed by atoms with Gasteiger partial charge in [-0.3, -0.25) is 0 Å². The fourth-order valence-electron chi connectivity index (χ4n) is 3.61. The van der Waals surface area contributed by atoms with Gasteiger partial charge in [0.05, 0.1) is 12.7 Å². The first-order valence-corrected chi connectivity index (χ1v) is 8.42. The van der Waals surface area contributed by atoms with Gasteiger partial charge >= 0.3 is 0 Å². The average molecular weight is 289 g/mol. The van der Waals surface area contributed by atoms with E-state index in [2.05, 4.69) is 36.5 Å². The molecule has 0 aliphatic carbocycles. The molecule has 0 spiro atoms. The van der Waals surface area contributed by atoms with Crippen LogP contribution in [0.25, 0.3) is 0 Å². The first kappa shape index (κ1) is 14.9. The fourth-order valence-corrected chi connectivity index (χ4v) is 3.61. The van der Waals surface area contributed by atoms with E-state index in [-0.39, 0.29) is 0 Å². The van der Waals surface area contributed by atoms with Gasteiger partial charge in [0.1, 0.15) is 5.75 Å². The Morgan fingerprint density at radius 2 is 2.24 bits per heavy atom. The summed E-state index contributed by atoms with van der Waals surface area (Å²) >= 11 is 0. The van der Waals surface area contributed by atoms with Gasteiger partial charge in [-0.2, -0.15) is 0 Å². The number of ether oxygens (including phenoxy) is 2. The highest BCUT2D eigenvalue weighted by molar-refractivity contribution is 5.35. The molecule has 1 N–H and O–H groups in total. The molecule has 2 aliphatic heterocycles. The van der Waals surface area contributed by atoms with E-state index in [1.54, 1.807) is 0 Å². The molecule has 3 heteroatoms. The molecule has 2 heterocycles. The van der Waals surface area contributed by atoms with Gasteiger partial charge in [-0.05, 0) is 50.3 Å². The monoisotopic (exact) mass is 289 g/mol. The van der Waals surface area contributed by atoms with E-state index in [9.17, 15) is 0 Å². The summed E-state index contributed by atoms with van der Waals surface area (Å²) in [6, 6.07) is 8.98. The molecule has 3 unspecified atom stereocenters. The third kappa shape index (κ3) is 3.78. The summed E-state index contributed by atoms with van der Waals surface area (Å²) in [5, 5.41) is 3.67. The number of nitrogens with one attached hydrogen (secondary N) is 1. The van der Waals surface area contributed by atoms with Crippen LogP contribution in [0, 0.1) is 5.92 Å². The minimum atomic E-state index is 0.489. The van der Waals surface area contributed by atoms with Gasteiger partial charge in [0.2, 0.25) is 0 Å². The Labute approximate surface area is 128 Å². The largest absolute Gasteiger partial charge is 0.493 e. The molecule has 0 bridgehead atoms. The van der Waals surface area contributed by atoms with Gasteiger partial charge in [0.25, 0.3) is 0 Å². The second-order valence-corrected chi connectivity index (χ2v) is 6.26. The van der Waals surface area contributed by atoms with Gasteiger partial charge in [0.15, 0.2) is 0 Å². The molecule has 3 nitrogen and oxygen atoms in total. The number of fused-ring (bicyclic) bond motifs is 1. The first-order valence-electron chi connectivity index (χ1n) is 8.42. The van der Waals surface area contributed by atoms with Gasteiger partial charge in [-0.25, -0.2) is 0 Å². The molecular weight excluding hydrogens is 262 g/mol. The summed E-state index contributed by atoms with van der Waals surface area (Å²) in [4.78, 5) is 0. The Hall–Kier alpha value is -1.06. The lowest BCUT2D eigenvalue weighted by Gasteiger charge is -2.32. The highest BCUT2D eigenvalue weighted by Crippen LogP contribution is 2.30. The summed E-state index contributed by atoms with van der Waals surface area (Å²) in [5.41, 5.74) is 1.36. The van der Waals surface area contributed by atoms with Crippen LogP contribution in [-0.2, 0) is 11.2 Å². The molecule has 21 heavy (non-hydrogen) atoms. The third-order valence-electron chi connectivity index (χ3n) is 4.77. The van der Waals surface area contributed by atoms with E-state index in [0.29, 0.717) is 18.1 Å². The Morgan fingerprint density at radius 3 is 3.05 bits per heavy atom. The summed E-state index contributed by atoms with van der Waals surface area (Å²) < 4.78 is 11.7. The van der Waals surface area contributed by atoms with Crippen LogP contribution in [-0.4, -0.2) is 31.9 Å². The van der Waals surface area contributed by atoms with Crippen LogP contribution in [0.5, 0.6) is 5.75 Å². The van der Waals surface area contributed by atoms with E-state index >= 15 is 0 Å². The average Bonchev–Trinajstić information content (AvgIpc) is 3.04. The molecule has 1 fully saturated rings. The van der Waals surface area contributed by atoms with E-state index in [0.717, 1.165) is 31.9 Å². The smallest absolute Gasteiger partial charge is 0.122 e. The summed E-state index contributed by atoms with van der Waals surface area (Å²) in [6.07, 6.45) is 6.45. The number of hydrogen-bond donors (Lipinski definition) is 1. The summed E-state index contributed by atoms with van der Waals surface area (Å²) in [7, 11) is 0. The van der Waals surface area contributed by atoms with Crippen molar-refractivity contribution < 1.29 is 9.47 Å². The van der Waals surface area contributed by atoms with Crippen LogP contribution in [0.4, 0.5) is 0 Å². The van der Waals surface area contributed by atoms with Gasteiger partial charge in [0, 0.05) is 18.6 Å². The fraction of sp³-hybridized carbons (Fsp3) is 0.667. The zero-order chi connectivity index (χ0) is 14.5. The second-order valence-electron chi connectivity index (χ2n) is 6.26. The number of hydrogen-bond acceptors (Lipinski definition) is 3. The van der Waals surface area contributed by atoms with Crippen molar-refractivity contribution in [3.05, 3.63) is 29.8 Å². The van der Waals surface area contributed by atoms with Crippen LogP contribution in [0.3, 0.4) is 0 Å². The summed E-state index contributed by atoms with van der Waals surface area (Å²) in [6.45, 7) is 5.00. The Kier molecular flexibility index (Phi) is 5.15. The normalized spacial score (nSPS) is 26.1. The maximum Gasteiger partial charge on any atom is 0.122 e. The second kappa shape index (κ2) is 7.28. The molecule has 2 aliphatic rings. The Morgan fingerprint density at radius 1 is 1.33 bits per heavy atom. The Bertz CT molecular complexity index is 443. The summed E-state index contributed by atoms with van der Waals surface area (Å²) in [5.74, 6) is 1.64. The van der Waals surface area contributed by atoms with Crippen molar-refractivity contribution in [1.82, 2.24) is 5.32 Å². The minimum absolute atomic E-state index is 0.489. The number of para-hydroxylation sites is 1. The zero-order valence-electron chi connectivity index (χ0n) is 13.0. The molecule has 1 saturated heterocycles. The van der Waals surface area contributed by atoms with Crippen molar-refractivity contribution in [2.75, 3.05) is 19.8 Å². The minimum Gasteiger partial charge on any atom is -0.493 e. The molecule has 0 aromatic heterocycles. The highest BCUT2D eigenvalue weighted by Gasteiger charge is 2.28. The predicted octanol–water partition coefficient (Wildman–Crippen LogP) is 3.18. The standard InChI is InChI=1S/C18H27NO2/c1-2-19-17(10-9-16-7-5-11-20-16)15-12-14-6-3-4-8-18(14)21-13-15/h3-4,6,8,15-17,19H,2,5,7,9-13H2,1H3.